The molecule has 0 radical (unpaired) electrons. The van der Waals surface area contributed by atoms with Crippen molar-refractivity contribution in [2.45, 2.75) is 39.5 Å². The van der Waals surface area contributed by atoms with E-state index in [-0.39, 0.29) is 6.47 Å². The third-order valence-electron chi connectivity index (χ3n) is 3.85. The van der Waals surface area contributed by atoms with Crippen LogP contribution in [-0.2, 0) is 4.79 Å². The van der Waals surface area contributed by atoms with Gasteiger partial charge in [0.1, 0.15) is 21.6 Å². The highest BCUT2D eigenvalue weighted by atomic mass is 79.9. The number of aromatic nitrogens is 3. The summed E-state index contributed by atoms with van der Waals surface area (Å²) in [6.07, 6.45) is 9.04. The van der Waals surface area contributed by atoms with Gasteiger partial charge in [0.2, 0.25) is 0 Å². The van der Waals surface area contributed by atoms with E-state index in [2.05, 4.69) is 39.7 Å². The molecule has 0 bridgehead atoms. The van der Waals surface area contributed by atoms with Crippen molar-refractivity contribution in [3.63, 3.8) is 0 Å². The Morgan fingerprint density at radius 2 is 2.00 bits per heavy atom. The summed E-state index contributed by atoms with van der Waals surface area (Å²) in [7, 11) is 0. The zero-order chi connectivity index (χ0) is 17.4. The van der Waals surface area contributed by atoms with Gasteiger partial charge in [0, 0.05) is 0 Å². The third kappa shape index (κ3) is 5.66. The largest absolute Gasteiger partial charge is 0.483 e. The van der Waals surface area contributed by atoms with Gasteiger partial charge in [-0.2, -0.15) is 0 Å². The number of nitrogens with two attached hydrogens (primary N) is 1. The van der Waals surface area contributed by atoms with Crippen LogP contribution in [0.4, 0.5) is 5.82 Å². The molecule has 1 aliphatic rings. The standard InChI is InChI=1S/C8H16.C6H4BrClN4.CH2O2/c1-7(2)8-5-3-4-6-8;7-5-4-6(9)10-1-3(8)12(4)2-11-5;2-1-3/h7-8H,3-6H2,1-2H3;1-2H,(H2,9,10);1H,(H,2,3). The Hall–Kier alpha value is -1.34. The van der Waals surface area contributed by atoms with Crippen molar-refractivity contribution in [2.24, 2.45) is 11.8 Å². The quantitative estimate of drug-likeness (QED) is 0.691. The molecule has 0 aliphatic heterocycles. The average Bonchev–Trinajstić information content (AvgIpc) is 3.15. The van der Waals surface area contributed by atoms with Crippen LogP contribution < -0.4 is 5.73 Å². The Labute approximate surface area is 149 Å². The highest BCUT2D eigenvalue weighted by Crippen LogP contribution is 2.30. The summed E-state index contributed by atoms with van der Waals surface area (Å²) < 4.78 is 2.31. The third-order valence-corrected chi connectivity index (χ3v) is 4.71. The minimum absolute atomic E-state index is 0.250. The molecule has 0 spiro atoms. The van der Waals surface area contributed by atoms with E-state index in [0.29, 0.717) is 21.1 Å². The molecule has 0 saturated heterocycles. The van der Waals surface area contributed by atoms with E-state index >= 15 is 0 Å². The molecule has 0 atom stereocenters. The first-order chi connectivity index (χ1) is 10.9. The van der Waals surface area contributed by atoms with Crippen molar-refractivity contribution in [2.75, 3.05) is 5.73 Å². The van der Waals surface area contributed by atoms with Crippen molar-refractivity contribution < 1.29 is 9.90 Å². The first kappa shape index (κ1) is 19.7. The number of nitrogen functional groups attached to an aromatic ring is 1. The minimum Gasteiger partial charge on any atom is -0.483 e. The normalized spacial score (nSPS) is 14.1. The van der Waals surface area contributed by atoms with E-state index in [1.165, 1.54) is 31.9 Å². The number of carbonyl (C=O) groups is 1. The number of hydrogen-bond acceptors (Lipinski definition) is 4. The molecular weight excluding hydrogens is 384 g/mol. The van der Waals surface area contributed by atoms with Crippen LogP contribution in [0.2, 0.25) is 5.15 Å². The van der Waals surface area contributed by atoms with Crippen LogP contribution >= 0.6 is 27.5 Å². The lowest BCUT2D eigenvalue weighted by atomic mass is 9.95. The summed E-state index contributed by atoms with van der Waals surface area (Å²) in [4.78, 5) is 16.2. The van der Waals surface area contributed by atoms with Crippen LogP contribution in [0.15, 0.2) is 17.1 Å². The Bertz CT molecular complexity index is 627. The summed E-state index contributed by atoms with van der Waals surface area (Å²) in [5.41, 5.74) is 6.31. The number of hydrogen-bond donors (Lipinski definition) is 2. The molecule has 2 aromatic rings. The highest BCUT2D eigenvalue weighted by molar-refractivity contribution is 9.10. The van der Waals surface area contributed by atoms with E-state index in [4.69, 9.17) is 27.2 Å². The fourth-order valence-electron chi connectivity index (χ4n) is 2.59. The molecule has 6 nitrogen and oxygen atoms in total. The van der Waals surface area contributed by atoms with Gasteiger partial charge in [-0.3, -0.25) is 9.20 Å². The summed E-state index contributed by atoms with van der Waals surface area (Å²) in [5, 5.41) is 7.37. The average molecular weight is 406 g/mol. The maximum atomic E-state index is 8.36. The maximum Gasteiger partial charge on any atom is 0.290 e. The molecular formula is C15H22BrClN4O2. The summed E-state index contributed by atoms with van der Waals surface area (Å²) >= 11 is 9.07. The number of rotatable bonds is 1. The van der Waals surface area contributed by atoms with Crippen molar-refractivity contribution in [3.05, 3.63) is 22.3 Å². The van der Waals surface area contributed by atoms with Gasteiger partial charge in [-0.15, -0.1) is 0 Å². The molecule has 2 heterocycles. The topological polar surface area (TPSA) is 93.5 Å². The van der Waals surface area contributed by atoms with Crippen LogP contribution in [0.5, 0.6) is 0 Å². The zero-order valence-corrected chi connectivity index (χ0v) is 15.6. The van der Waals surface area contributed by atoms with Crippen LogP contribution in [0.3, 0.4) is 0 Å². The Balaban J connectivity index is 0.000000209. The maximum absolute atomic E-state index is 8.36. The molecule has 3 N–H and O–H groups in total. The predicted octanol–water partition coefficient (Wildman–Crippen LogP) is 4.26. The van der Waals surface area contributed by atoms with Crippen molar-refractivity contribution in [1.82, 2.24) is 14.4 Å². The fraction of sp³-hybridized carbons (Fsp3) is 0.533. The Morgan fingerprint density at radius 3 is 2.43 bits per heavy atom. The predicted molar refractivity (Wildman–Crippen MR) is 95.6 cm³/mol. The Morgan fingerprint density at radius 1 is 1.43 bits per heavy atom. The number of halogens is 2. The van der Waals surface area contributed by atoms with Gasteiger partial charge in [-0.05, 0) is 27.8 Å². The molecule has 1 fully saturated rings. The van der Waals surface area contributed by atoms with Gasteiger partial charge in [0.25, 0.3) is 6.47 Å². The van der Waals surface area contributed by atoms with Gasteiger partial charge in [-0.25, -0.2) is 9.97 Å². The van der Waals surface area contributed by atoms with Crippen molar-refractivity contribution >= 4 is 45.3 Å². The lowest BCUT2D eigenvalue weighted by molar-refractivity contribution is -0.122. The Kier molecular flexibility index (Phi) is 8.33. The molecule has 1 aliphatic carbocycles. The van der Waals surface area contributed by atoms with Gasteiger partial charge in [-0.1, -0.05) is 51.1 Å². The molecule has 0 unspecified atom stereocenters. The fourth-order valence-corrected chi connectivity index (χ4v) is 3.25. The number of anilines is 1. The number of imidazole rings is 1. The second-order valence-corrected chi connectivity index (χ2v) is 6.75. The number of fused-ring (bicyclic) bond motifs is 1. The number of nitrogens with zero attached hydrogens (tertiary/aromatic N) is 3. The van der Waals surface area contributed by atoms with Gasteiger partial charge < -0.3 is 10.8 Å². The molecule has 0 amide bonds. The van der Waals surface area contributed by atoms with E-state index in [0.717, 1.165) is 11.8 Å². The van der Waals surface area contributed by atoms with Gasteiger partial charge in [0.15, 0.2) is 5.82 Å². The van der Waals surface area contributed by atoms with E-state index in [9.17, 15) is 0 Å². The van der Waals surface area contributed by atoms with Crippen LogP contribution in [-0.4, -0.2) is 25.9 Å². The molecule has 128 valence electrons. The molecule has 0 aromatic carbocycles. The molecule has 3 rings (SSSR count). The molecule has 2 aromatic heterocycles. The summed E-state index contributed by atoms with van der Waals surface area (Å²) in [6.45, 7) is 4.44. The van der Waals surface area contributed by atoms with E-state index in [1.54, 1.807) is 10.7 Å². The first-order valence-corrected chi connectivity index (χ1v) is 8.59. The van der Waals surface area contributed by atoms with Crippen LogP contribution in [0.1, 0.15) is 39.5 Å². The van der Waals surface area contributed by atoms with Crippen molar-refractivity contribution in [1.29, 1.82) is 0 Å². The van der Waals surface area contributed by atoms with Gasteiger partial charge >= 0.3 is 0 Å². The van der Waals surface area contributed by atoms with E-state index in [1.807, 2.05) is 0 Å². The lowest BCUT2D eigenvalue weighted by Crippen LogP contribution is -2.01. The molecule has 1 saturated carbocycles. The monoisotopic (exact) mass is 404 g/mol. The SMILES string of the molecule is CC(C)C1CCCC1.Nc1ncc(Cl)n2cnc(Br)c12.O=CO. The van der Waals surface area contributed by atoms with Crippen molar-refractivity contribution in [3.8, 4) is 0 Å². The molecule has 23 heavy (non-hydrogen) atoms. The van der Waals surface area contributed by atoms with Crippen LogP contribution in [0.25, 0.3) is 5.52 Å². The second-order valence-electron chi connectivity index (χ2n) is 5.61. The summed E-state index contributed by atoms with van der Waals surface area (Å²) in [5.74, 6) is 2.41. The smallest absolute Gasteiger partial charge is 0.290 e. The summed E-state index contributed by atoms with van der Waals surface area (Å²) in [6, 6.07) is 0. The zero-order valence-electron chi connectivity index (χ0n) is 13.2. The minimum atomic E-state index is -0.250. The highest BCUT2D eigenvalue weighted by Gasteiger charge is 2.17. The molecule has 8 heteroatoms. The lowest BCUT2D eigenvalue weighted by Gasteiger charge is -2.11. The number of carboxylic acid groups (broad SMARTS) is 1. The van der Waals surface area contributed by atoms with Gasteiger partial charge in [0.05, 0.1) is 6.20 Å². The first-order valence-electron chi connectivity index (χ1n) is 7.42. The van der Waals surface area contributed by atoms with Crippen LogP contribution in [0, 0.1) is 11.8 Å². The second kappa shape index (κ2) is 9.72. The van der Waals surface area contributed by atoms with E-state index < -0.39 is 0 Å².